The average molecular weight is 310 g/mol. The molecule has 118 valence electrons. The van der Waals surface area contributed by atoms with Crippen LogP contribution in [0.25, 0.3) is 0 Å². The molecule has 5 nitrogen and oxygen atoms in total. The molecule has 0 bridgehead atoms. The first-order valence-corrected chi connectivity index (χ1v) is 7.30. The lowest BCUT2D eigenvalue weighted by atomic mass is 10.3. The number of carbonyl (C=O) groups is 2. The van der Waals surface area contributed by atoms with E-state index in [2.05, 4.69) is 22.8 Å². The highest BCUT2D eigenvalue weighted by Gasteiger charge is 2.24. The summed E-state index contributed by atoms with van der Waals surface area (Å²) in [5.41, 5.74) is 1.32. The number of para-hydroxylation sites is 1. The highest BCUT2D eigenvalue weighted by molar-refractivity contribution is 5.93. The summed E-state index contributed by atoms with van der Waals surface area (Å²) < 4.78 is 0.251. The Balaban J connectivity index is 1.85. The Morgan fingerprint density at radius 2 is 1.61 bits per heavy atom. The minimum atomic E-state index is -0.168. The number of likely N-dealkylation sites (N-methyl/N-ethyl adjacent to an activating group) is 1. The zero-order valence-corrected chi connectivity index (χ0v) is 13.3. The molecule has 0 spiro atoms. The number of nitrogens with one attached hydrogen (secondary N) is 2. The second kappa shape index (κ2) is 7.43. The van der Waals surface area contributed by atoms with Crippen molar-refractivity contribution in [1.29, 1.82) is 0 Å². The minimum absolute atomic E-state index is 0.131. The van der Waals surface area contributed by atoms with Crippen LogP contribution in [0.3, 0.4) is 0 Å². The van der Waals surface area contributed by atoms with E-state index < -0.39 is 0 Å². The molecular weight excluding hydrogens is 290 g/mol. The molecule has 0 radical (unpaired) electrons. The van der Waals surface area contributed by atoms with Crippen LogP contribution in [0.1, 0.15) is 0 Å². The SMILES string of the molecule is C[N+](C)(CC(=O)Nc1c#cccc1)CC(=O)Nc1ccccc1. The number of carbonyl (C=O) groups excluding carboxylic acids is 2. The Labute approximate surface area is 136 Å². The summed E-state index contributed by atoms with van der Waals surface area (Å²) >= 11 is 0. The van der Waals surface area contributed by atoms with E-state index in [9.17, 15) is 9.59 Å². The minimum Gasteiger partial charge on any atom is -0.321 e. The van der Waals surface area contributed by atoms with Crippen LogP contribution in [0.5, 0.6) is 0 Å². The summed E-state index contributed by atoms with van der Waals surface area (Å²) in [5, 5.41) is 5.57. The van der Waals surface area contributed by atoms with Gasteiger partial charge in [-0.1, -0.05) is 30.3 Å². The molecular formula is C18H20N3O2+. The van der Waals surface area contributed by atoms with Crippen LogP contribution in [-0.4, -0.2) is 43.5 Å². The largest absolute Gasteiger partial charge is 0.321 e. The van der Waals surface area contributed by atoms with Gasteiger partial charge < -0.3 is 15.1 Å². The smallest absolute Gasteiger partial charge is 0.280 e. The molecule has 0 heterocycles. The number of hydrogen-bond acceptors (Lipinski definition) is 2. The van der Waals surface area contributed by atoms with Gasteiger partial charge in [-0.05, 0) is 30.3 Å². The van der Waals surface area contributed by atoms with Crippen molar-refractivity contribution >= 4 is 23.2 Å². The van der Waals surface area contributed by atoms with E-state index in [1.165, 1.54) is 0 Å². The van der Waals surface area contributed by atoms with E-state index in [0.717, 1.165) is 5.69 Å². The fourth-order valence-electron chi connectivity index (χ4n) is 2.17. The van der Waals surface area contributed by atoms with Crippen molar-refractivity contribution in [3.05, 3.63) is 60.7 Å². The van der Waals surface area contributed by atoms with Crippen LogP contribution < -0.4 is 10.6 Å². The van der Waals surface area contributed by atoms with Crippen molar-refractivity contribution in [2.45, 2.75) is 0 Å². The number of quaternary nitrogens is 1. The van der Waals surface area contributed by atoms with Crippen molar-refractivity contribution in [1.82, 2.24) is 0 Å². The second-order valence-electron chi connectivity index (χ2n) is 5.92. The Hall–Kier alpha value is -2.84. The third kappa shape index (κ3) is 5.81. The van der Waals surface area contributed by atoms with Gasteiger partial charge in [0.05, 0.1) is 19.8 Å². The zero-order chi connectivity index (χ0) is 16.7. The lowest BCUT2D eigenvalue weighted by molar-refractivity contribution is -0.874. The molecule has 23 heavy (non-hydrogen) atoms. The van der Waals surface area contributed by atoms with Gasteiger partial charge in [0.2, 0.25) is 0 Å². The van der Waals surface area contributed by atoms with Gasteiger partial charge in [-0.25, -0.2) is 0 Å². The molecule has 2 amide bonds. The first-order chi connectivity index (χ1) is 10.9. The van der Waals surface area contributed by atoms with Crippen LogP contribution in [0.15, 0.2) is 48.5 Å². The molecule has 0 aliphatic rings. The Bertz CT molecular complexity index is 597. The van der Waals surface area contributed by atoms with E-state index in [-0.39, 0.29) is 29.4 Å². The highest BCUT2D eigenvalue weighted by Crippen LogP contribution is 2.07. The molecule has 0 fully saturated rings. The molecule has 0 unspecified atom stereocenters. The summed E-state index contributed by atoms with van der Waals surface area (Å²) in [6.45, 7) is 0.387. The van der Waals surface area contributed by atoms with Gasteiger partial charge in [-0.3, -0.25) is 9.59 Å². The van der Waals surface area contributed by atoms with Crippen LogP contribution in [-0.2, 0) is 9.59 Å². The number of rotatable bonds is 6. The van der Waals surface area contributed by atoms with Crippen molar-refractivity contribution in [3.63, 3.8) is 0 Å². The third-order valence-corrected chi connectivity index (χ3v) is 3.12. The van der Waals surface area contributed by atoms with Crippen molar-refractivity contribution < 1.29 is 14.1 Å². The van der Waals surface area contributed by atoms with Crippen LogP contribution in [0.2, 0.25) is 0 Å². The van der Waals surface area contributed by atoms with E-state index in [1.54, 1.807) is 18.2 Å². The van der Waals surface area contributed by atoms with E-state index in [4.69, 9.17) is 0 Å². The van der Waals surface area contributed by atoms with Gasteiger partial charge in [-0.2, -0.15) is 0 Å². The van der Waals surface area contributed by atoms with Crippen molar-refractivity contribution in [2.24, 2.45) is 0 Å². The van der Waals surface area contributed by atoms with Crippen LogP contribution >= 0.6 is 0 Å². The second-order valence-corrected chi connectivity index (χ2v) is 5.92. The summed E-state index contributed by atoms with van der Waals surface area (Å²) in [6, 6.07) is 20.1. The average Bonchev–Trinajstić information content (AvgIpc) is 2.47. The molecule has 2 aromatic rings. The molecule has 2 N–H and O–H groups in total. The van der Waals surface area contributed by atoms with Crippen LogP contribution in [0, 0.1) is 12.1 Å². The van der Waals surface area contributed by atoms with Gasteiger partial charge in [0, 0.05) is 5.69 Å². The van der Waals surface area contributed by atoms with E-state index in [1.807, 2.05) is 44.4 Å². The quantitative estimate of drug-likeness (QED) is 0.801. The maximum Gasteiger partial charge on any atom is 0.280 e. The first-order valence-electron chi connectivity index (χ1n) is 7.30. The standard InChI is InChI=1S/C18H19N3O2/c1-21(2,13-17(22)19-15-9-5-3-6-10-15)14-18(23)20-16-11-7-4-8-12-16/h3-7,9-11H,13-14H2,1-2H3,(H-,19,20,22,23)/p+1. The fraction of sp³-hybridized carbons (Fsp3) is 0.222. The number of nitrogens with zero attached hydrogens (tertiary/aromatic N) is 1. The molecule has 0 saturated heterocycles. The number of amides is 2. The Morgan fingerprint density at radius 3 is 2.22 bits per heavy atom. The zero-order valence-electron chi connectivity index (χ0n) is 13.3. The summed E-state index contributed by atoms with van der Waals surface area (Å²) in [6.07, 6.45) is 0. The summed E-state index contributed by atoms with van der Waals surface area (Å²) in [4.78, 5) is 24.2. The van der Waals surface area contributed by atoms with Gasteiger partial charge in [0.25, 0.3) is 11.8 Å². The number of anilines is 2. The Kier molecular flexibility index (Phi) is 5.34. The highest BCUT2D eigenvalue weighted by atomic mass is 16.2. The molecule has 0 atom stereocenters. The maximum atomic E-state index is 12.1. The number of hydrogen-bond donors (Lipinski definition) is 2. The predicted molar refractivity (Wildman–Crippen MR) is 89.7 cm³/mol. The molecule has 5 heteroatoms. The molecule has 2 aromatic carbocycles. The maximum absolute atomic E-state index is 12.1. The molecule has 2 rings (SSSR count). The molecule has 0 saturated carbocycles. The van der Waals surface area contributed by atoms with E-state index in [0.29, 0.717) is 5.69 Å². The van der Waals surface area contributed by atoms with Gasteiger partial charge in [0.1, 0.15) is 0 Å². The monoisotopic (exact) mass is 310 g/mol. The number of benzene rings is 1. The summed E-state index contributed by atoms with van der Waals surface area (Å²) in [5.74, 6) is -0.299. The van der Waals surface area contributed by atoms with Gasteiger partial charge in [-0.15, -0.1) is 0 Å². The molecule has 0 aliphatic heterocycles. The molecule has 0 aliphatic carbocycles. The van der Waals surface area contributed by atoms with Crippen molar-refractivity contribution in [3.8, 4) is 0 Å². The van der Waals surface area contributed by atoms with Gasteiger partial charge in [0.15, 0.2) is 13.1 Å². The van der Waals surface area contributed by atoms with Crippen LogP contribution in [0.4, 0.5) is 11.4 Å². The fourth-order valence-corrected chi connectivity index (χ4v) is 2.17. The lowest BCUT2D eigenvalue weighted by Crippen LogP contribution is -2.49. The summed E-state index contributed by atoms with van der Waals surface area (Å²) in [7, 11) is 3.68. The third-order valence-electron chi connectivity index (χ3n) is 3.12. The normalized spacial score (nSPS) is 10.5. The Morgan fingerprint density at radius 1 is 0.957 bits per heavy atom. The van der Waals surface area contributed by atoms with Crippen molar-refractivity contribution in [2.75, 3.05) is 37.8 Å². The first kappa shape index (κ1) is 16.5. The lowest BCUT2D eigenvalue weighted by Gasteiger charge is -2.28. The molecule has 0 aromatic heterocycles. The predicted octanol–water partition coefficient (Wildman–Crippen LogP) is 1.94. The van der Waals surface area contributed by atoms with Gasteiger partial charge >= 0.3 is 0 Å². The van der Waals surface area contributed by atoms with E-state index >= 15 is 0 Å². The topological polar surface area (TPSA) is 58.2 Å².